The van der Waals surface area contributed by atoms with Crippen molar-refractivity contribution in [2.75, 3.05) is 0 Å². The summed E-state index contributed by atoms with van der Waals surface area (Å²) in [6.45, 7) is 11.4. The van der Waals surface area contributed by atoms with Gasteiger partial charge in [-0.3, -0.25) is 9.36 Å². The van der Waals surface area contributed by atoms with Crippen molar-refractivity contribution in [3.8, 4) is 5.69 Å². The van der Waals surface area contributed by atoms with Crippen molar-refractivity contribution in [3.63, 3.8) is 0 Å². The van der Waals surface area contributed by atoms with E-state index in [0.29, 0.717) is 16.8 Å². The van der Waals surface area contributed by atoms with Gasteiger partial charge in [-0.2, -0.15) is 0 Å². The minimum absolute atomic E-state index is 0.135. The number of aryl methyl sites for hydroxylation is 4. The summed E-state index contributed by atoms with van der Waals surface area (Å²) in [5, 5.41) is 0.311. The van der Waals surface area contributed by atoms with Gasteiger partial charge in [0.2, 0.25) is 0 Å². The lowest BCUT2D eigenvalue weighted by Gasteiger charge is -2.16. The van der Waals surface area contributed by atoms with Crippen molar-refractivity contribution in [2.24, 2.45) is 0 Å². The van der Waals surface area contributed by atoms with Crippen molar-refractivity contribution in [1.82, 2.24) is 9.55 Å². The number of fused-ring (bicyclic) bond motifs is 1. The van der Waals surface area contributed by atoms with Gasteiger partial charge in [0.15, 0.2) is 0 Å². The van der Waals surface area contributed by atoms with Gasteiger partial charge >= 0.3 is 0 Å². The molecule has 0 N–H and O–H groups in total. The highest BCUT2D eigenvalue weighted by molar-refractivity contribution is 5.79. The molecule has 1 heterocycles. The highest BCUT2D eigenvalue weighted by atomic mass is 19.1. The molecule has 0 saturated carbocycles. The molecule has 3 rings (SSSR count). The molecule has 3 aromatic rings. The third-order valence-electron chi connectivity index (χ3n) is 3.90. The summed E-state index contributed by atoms with van der Waals surface area (Å²) in [6, 6.07) is 8.95. The van der Waals surface area contributed by atoms with Gasteiger partial charge < -0.3 is 0 Å². The van der Waals surface area contributed by atoms with Gasteiger partial charge in [0.25, 0.3) is 5.56 Å². The minimum atomic E-state index is -0.455. The van der Waals surface area contributed by atoms with Gasteiger partial charge in [-0.1, -0.05) is 32.0 Å². The Kier molecular flexibility index (Phi) is 5.17. The molecule has 0 fully saturated rings. The molecule has 3 nitrogen and oxygen atoms in total. The maximum atomic E-state index is 14.1. The number of halogens is 1. The second-order valence-corrected chi connectivity index (χ2v) is 5.68. The van der Waals surface area contributed by atoms with E-state index in [1.54, 1.807) is 24.5 Å². The van der Waals surface area contributed by atoms with Gasteiger partial charge in [-0.15, -0.1) is 0 Å². The number of hydrogen-bond donors (Lipinski definition) is 0. The summed E-state index contributed by atoms with van der Waals surface area (Å²) >= 11 is 0. The van der Waals surface area contributed by atoms with E-state index in [1.165, 1.54) is 6.07 Å². The Bertz CT molecular complexity index is 938. The number of nitrogens with zero attached hydrogens (tertiary/aromatic N) is 2. The SMILES string of the molecule is CC.Cc1cc(F)c2nc(C)n(-c3c(C)cccc3C)c(=O)c2c1. The van der Waals surface area contributed by atoms with Crippen LogP contribution < -0.4 is 5.56 Å². The zero-order chi connectivity index (χ0) is 18.0. The monoisotopic (exact) mass is 326 g/mol. The molecule has 126 valence electrons. The van der Waals surface area contributed by atoms with Gasteiger partial charge in [-0.05, 0) is 56.5 Å². The molecule has 2 aromatic carbocycles. The molecular formula is C20H23FN2O. The average molecular weight is 326 g/mol. The lowest BCUT2D eigenvalue weighted by atomic mass is 10.1. The van der Waals surface area contributed by atoms with E-state index < -0.39 is 5.82 Å². The quantitative estimate of drug-likeness (QED) is 0.645. The Balaban J connectivity index is 0.00000100. The van der Waals surface area contributed by atoms with E-state index in [9.17, 15) is 9.18 Å². The molecule has 0 atom stereocenters. The molecule has 0 bridgehead atoms. The topological polar surface area (TPSA) is 34.9 Å². The van der Waals surface area contributed by atoms with E-state index in [1.807, 2.05) is 45.9 Å². The van der Waals surface area contributed by atoms with E-state index in [-0.39, 0.29) is 11.1 Å². The third-order valence-corrected chi connectivity index (χ3v) is 3.90. The van der Waals surface area contributed by atoms with Crippen LogP contribution in [0.2, 0.25) is 0 Å². The Morgan fingerprint density at radius 2 is 1.58 bits per heavy atom. The molecular weight excluding hydrogens is 303 g/mol. The maximum Gasteiger partial charge on any atom is 0.266 e. The van der Waals surface area contributed by atoms with Crippen LogP contribution in [0, 0.1) is 33.5 Å². The van der Waals surface area contributed by atoms with Crippen molar-refractivity contribution in [2.45, 2.75) is 41.5 Å². The van der Waals surface area contributed by atoms with Crippen LogP contribution in [0.3, 0.4) is 0 Å². The Labute approximate surface area is 141 Å². The number of rotatable bonds is 1. The molecule has 1 aromatic heterocycles. The molecule has 0 spiro atoms. The first-order valence-electron chi connectivity index (χ1n) is 8.16. The number of para-hydroxylation sites is 1. The number of benzene rings is 2. The van der Waals surface area contributed by atoms with Gasteiger partial charge in [0, 0.05) is 0 Å². The van der Waals surface area contributed by atoms with Gasteiger partial charge in [-0.25, -0.2) is 9.37 Å². The second kappa shape index (κ2) is 6.95. The van der Waals surface area contributed by atoms with Crippen LogP contribution in [0.25, 0.3) is 16.6 Å². The second-order valence-electron chi connectivity index (χ2n) is 5.68. The normalized spacial score (nSPS) is 10.5. The minimum Gasteiger partial charge on any atom is -0.268 e. The van der Waals surface area contributed by atoms with Crippen LogP contribution in [-0.2, 0) is 0 Å². The lowest BCUT2D eigenvalue weighted by molar-refractivity contribution is 0.634. The highest BCUT2D eigenvalue weighted by Gasteiger charge is 2.15. The number of aromatic nitrogens is 2. The Hall–Kier alpha value is -2.49. The van der Waals surface area contributed by atoms with Gasteiger partial charge in [0.1, 0.15) is 17.2 Å². The highest BCUT2D eigenvalue weighted by Crippen LogP contribution is 2.21. The summed E-state index contributed by atoms with van der Waals surface area (Å²) < 4.78 is 15.7. The first-order chi connectivity index (χ1) is 11.4. The van der Waals surface area contributed by atoms with Crippen LogP contribution >= 0.6 is 0 Å². The fourth-order valence-corrected chi connectivity index (χ4v) is 2.91. The van der Waals surface area contributed by atoms with Crippen LogP contribution in [0.4, 0.5) is 4.39 Å². The van der Waals surface area contributed by atoms with Crippen molar-refractivity contribution in [1.29, 1.82) is 0 Å². The van der Waals surface area contributed by atoms with Gasteiger partial charge in [0.05, 0.1) is 11.1 Å². The van der Waals surface area contributed by atoms with Crippen molar-refractivity contribution < 1.29 is 4.39 Å². The largest absolute Gasteiger partial charge is 0.268 e. The summed E-state index contributed by atoms with van der Waals surface area (Å²) in [4.78, 5) is 17.2. The molecule has 0 saturated heterocycles. The predicted octanol–water partition coefficient (Wildman–Crippen LogP) is 4.78. The standard InChI is InChI=1S/C18H17FN2O.C2H6/c1-10-8-14-16(15(19)9-10)20-13(4)21(18(14)22)17-11(2)6-5-7-12(17)3;1-2/h5-9H,1-4H3;1-2H3. The fourth-order valence-electron chi connectivity index (χ4n) is 2.91. The molecule has 0 aliphatic carbocycles. The number of hydrogen-bond acceptors (Lipinski definition) is 2. The molecule has 24 heavy (non-hydrogen) atoms. The molecule has 0 amide bonds. The molecule has 0 aliphatic heterocycles. The summed E-state index contributed by atoms with van der Waals surface area (Å²) in [5.74, 6) is 0.0292. The van der Waals surface area contributed by atoms with E-state index in [4.69, 9.17) is 0 Å². The molecule has 4 heteroatoms. The van der Waals surface area contributed by atoms with E-state index in [2.05, 4.69) is 4.98 Å². The summed E-state index contributed by atoms with van der Waals surface area (Å²) in [6.07, 6.45) is 0. The average Bonchev–Trinajstić information content (AvgIpc) is 2.53. The van der Waals surface area contributed by atoms with Crippen LogP contribution in [0.1, 0.15) is 36.4 Å². The van der Waals surface area contributed by atoms with Crippen LogP contribution in [-0.4, -0.2) is 9.55 Å². The molecule has 0 aliphatic rings. The Morgan fingerprint density at radius 1 is 1.00 bits per heavy atom. The Morgan fingerprint density at radius 3 is 2.17 bits per heavy atom. The third kappa shape index (κ3) is 2.96. The first kappa shape index (κ1) is 17.9. The van der Waals surface area contributed by atoms with Crippen LogP contribution in [0.5, 0.6) is 0 Å². The fraction of sp³-hybridized carbons (Fsp3) is 0.300. The molecule has 0 radical (unpaired) electrons. The van der Waals surface area contributed by atoms with E-state index >= 15 is 0 Å². The van der Waals surface area contributed by atoms with Crippen LogP contribution in [0.15, 0.2) is 35.1 Å². The van der Waals surface area contributed by atoms with Crippen molar-refractivity contribution >= 4 is 10.9 Å². The zero-order valence-corrected chi connectivity index (χ0v) is 15.1. The lowest BCUT2D eigenvalue weighted by Crippen LogP contribution is -2.24. The first-order valence-corrected chi connectivity index (χ1v) is 8.16. The summed E-state index contributed by atoms with van der Waals surface area (Å²) in [5.41, 5.74) is 3.40. The van der Waals surface area contributed by atoms with E-state index in [0.717, 1.165) is 16.8 Å². The summed E-state index contributed by atoms with van der Waals surface area (Å²) in [7, 11) is 0. The smallest absolute Gasteiger partial charge is 0.266 e. The maximum absolute atomic E-state index is 14.1. The predicted molar refractivity (Wildman–Crippen MR) is 97.6 cm³/mol. The zero-order valence-electron chi connectivity index (χ0n) is 15.1. The van der Waals surface area contributed by atoms with Crippen molar-refractivity contribution in [3.05, 3.63) is 69.0 Å². The molecule has 0 unspecified atom stereocenters.